The normalized spacial score (nSPS) is 21.5. The van der Waals surface area contributed by atoms with Gasteiger partial charge in [0.25, 0.3) is 5.91 Å². The standard InChI is InChI=1S/C18H23N5O2.C2HF3O2/c24-17(15-5-8-20-21-15)23-9-3-6-18(13-23)12-22(10-11-25-14-18)16-4-1-2-7-19-16;3-2(4,5)1(6)7/h1-2,4-5,7-8H,3,6,9-14H2,(H,20,21);(H,6,7). The second-order valence-corrected chi connectivity index (χ2v) is 7.77. The number of pyridine rings is 1. The number of piperidine rings is 1. The maximum atomic E-state index is 12.7. The highest BCUT2D eigenvalue weighted by atomic mass is 19.4. The number of ether oxygens (including phenoxy) is 1. The van der Waals surface area contributed by atoms with Crippen molar-refractivity contribution >= 4 is 17.7 Å². The lowest BCUT2D eigenvalue weighted by Gasteiger charge is -2.43. The van der Waals surface area contributed by atoms with Crippen LogP contribution in [0.5, 0.6) is 0 Å². The van der Waals surface area contributed by atoms with Gasteiger partial charge in [0.15, 0.2) is 0 Å². The predicted octanol–water partition coefficient (Wildman–Crippen LogP) is 2.20. The lowest BCUT2D eigenvalue weighted by Crippen LogP contribution is -2.52. The van der Waals surface area contributed by atoms with Gasteiger partial charge in [0.2, 0.25) is 0 Å². The third-order valence-electron chi connectivity index (χ3n) is 5.34. The van der Waals surface area contributed by atoms with Gasteiger partial charge in [0.1, 0.15) is 11.5 Å². The van der Waals surface area contributed by atoms with Gasteiger partial charge >= 0.3 is 12.1 Å². The molecular formula is C20H24F3N5O4. The Labute approximate surface area is 182 Å². The number of likely N-dealkylation sites (tertiary alicyclic amines) is 1. The molecule has 2 saturated heterocycles. The summed E-state index contributed by atoms with van der Waals surface area (Å²) in [5.41, 5.74) is 0.496. The van der Waals surface area contributed by atoms with Crippen molar-refractivity contribution in [2.45, 2.75) is 19.0 Å². The zero-order chi connectivity index (χ0) is 23.2. The molecule has 4 rings (SSSR count). The number of carbonyl (C=O) groups is 2. The van der Waals surface area contributed by atoms with Crippen LogP contribution in [0.3, 0.4) is 0 Å². The number of hydrogen-bond acceptors (Lipinski definition) is 6. The average molecular weight is 455 g/mol. The van der Waals surface area contributed by atoms with E-state index in [-0.39, 0.29) is 11.3 Å². The lowest BCUT2D eigenvalue weighted by molar-refractivity contribution is -0.192. The van der Waals surface area contributed by atoms with Crippen LogP contribution in [0.15, 0.2) is 36.7 Å². The van der Waals surface area contributed by atoms with Crippen molar-refractivity contribution in [2.24, 2.45) is 5.41 Å². The minimum atomic E-state index is -5.08. The first-order valence-corrected chi connectivity index (χ1v) is 10.0. The van der Waals surface area contributed by atoms with E-state index in [1.807, 2.05) is 29.3 Å². The molecule has 2 aliphatic rings. The van der Waals surface area contributed by atoms with Crippen molar-refractivity contribution in [3.63, 3.8) is 0 Å². The van der Waals surface area contributed by atoms with Crippen molar-refractivity contribution < 1.29 is 32.6 Å². The predicted molar refractivity (Wildman–Crippen MR) is 107 cm³/mol. The van der Waals surface area contributed by atoms with Crippen molar-refractivity contribution in [1.29, 1.82) is 0 Å². The maximum absolute atomic E-state index is 12.7. The lowest BCUT2D eigenvalue weighted by atomic mass is 9.80. The number of anilines is 1. The van der Waals surface area contributed by atoms with Crippen LogP contribution in [0.2, 0.25) is 0 Å². The number of nitrogens with one attached hydrogen (secondary N) is 1. The highest BCUT2D eigenvalue weighted by Crippen LogP contribution is 2.34. The number of alkyl halides is 3. The van der Waals surface area contributed by atoms with Crippen LogP contribution < -0.4 is 4.90 Å². The SMILES string of the molecule is O=C(O)C(F)(F)F.O=C(c1ccn[nH]1)N1CCCC2(COCCN(c3ccccn3)C2)C1. The summed E-state index contributed by atoms with van der Waals surface area (Å²) in [5, 5.41) is 13.8. The summed E-state index contributed by atoms with van der Waals surface area (Å²) in [6.45, 7) is 4.54. The molecule has 12 heteroatoms. The Morgan fingerprint density at radius 3 is 2.56 bits per heavy atom. The van der Waals surface area contributed by atoms with Gasteiger partial charge < -0.3 is 19.6 Å². The summed E-state index contributed by atoms with van der Waals surface area (Å²) in [6.07, 6.45) is 0.398. The van der Waals surface area contributed by atoms with E-state index in [0.29, 0.717) is 25.5 Å². The molecule has 1 amide bonds. The van der Waals surface area contributed by atoms with Gasteiger partial charge in [0, 0.05) is 44.0 Å². The Morgan fingerprint density at radius 2 is 1.94 bits per heavy atom. The Hall–Kier alpha value is -3.15. The molecule has 1 atom stereocenters. The van der Waals surface area contributed by atoms with E-state index in [1.165, 1.54) is 0 Å². The number of aliphatic carboxylic acids is 1. The van der Waals surface area contributed by atoms with Crippen molar-refractivity contribution in [1.82, 2.24) is 20.1 Å². The van der Waals surface area contributed by atoms with E-state index >= 15 is 0 Å². The fourth-order valence-corrected chi connectivity index (χ4v) is 3.90. The molecule has 2 aliphatic heterocycles. The van der Waals surface area contributed by atoms with Crippen LogP contribution in [-0.2, 0) is 9.53 Å². The van der Waals surface area contributed by atoms with Gasteiger partial charge in [-0.05, 0) is 31.0 Å². The second-order valence-electron chi connectivity index (χ2n) is 7.77. The van der Waals surface area contributed by atoms with E-state index in [4.69, 9.17) is 14.6 Å². The quantitative estimate of drug-likeness (QED) is 0.714. The number of amides is 1. The first kappa shape index (κ1) is 23.5. The van der Waals surface area contributed by atoms with Crippen molar-refractivity contribution in [3.05, 3.63) is 42.4 Å². The minimum Gasteiger partial charge on any atom is -0.475 e. The fourth-order valence-electron chi connectivity index (χ4n) is 3.90. The third kappa shape index (κ3) is 5.96. The van der Waals surface area contributed by atoms with E-state index in [1.54, 1.807) is 12.3 Å². The molecular weight excluding hydrogens is 431 g/mol. The molecule has 1 spiro atoms. The molecule has 0 saturated carbocycles. The molecule has 2 N–H and O–H groups in total. The summed E-state index contributed by atoms with van der Waals surface area (Å²) < 4.78 is 37.7. The molecule has 2 aromatic rings. The summed E-state index contributed by atoms with van der Waals surface area (Å²) >= 11 is 0. The van der Waals surface area contributed by atoms with Crippen molar-refractivity contribution in [3.8, 4) is 0 Å². The van der Waals surface area contributed by atoms with Crippen molar-refractivity contribution in [2.75, 3.05) is 44.3 Å². The summed E-state index contributed by atoms with van der Waals surface area (Å²) in [5.74, 6) is -1.76. The molecule has 0 radical (unpaired) electrons. The van der Waals surface area contributed by atoms with E-state index in [9.17, 15) is 18.0 Å². The number of H-pyrrole nitrogens is 1. The average Bonchev–Trinajstić information content (AvgIpc) is 3.23. The molecule has 4 heterocycles. The minimum absolute atomic E-state index is 0.0187. The summed E-state index contributed by atoms with van der Waals surface area (Å²) in [7, 11) is 0. The molecule has 174 valence electrons. The number of carboxylic acid groups (broad SMARTS) is 1. The number of rotatable bonds is 2. The van der Waals surface area contributed by atoms with Gasteiger partial charge in [0.05, 0.1) is 13.2 Å². The van der Waals surface area contributed by atoms with E-state index < -0.39 is 12.1 Å². The number of nitrogens with zero attached hydrogens (tertiary/aromatic N) is 4. The van der Waals surface area contributed by atoms with Crippen LogP contribution >= 0.6 is 0 Å². The van der Waals surface area contributed by atoms with Crippen LogP contribution in [0.1, 0.15) is 23.3 Å². The number of hydrogen-bond donors (Lipinski definition) is 2. The zero-order valence-corrected chi connectivity index (χ0v) is 17.2. The molecule has 2 aromatic heterocycles. The molecule has 1 unspecified atom stereocenters. The van der Waals surface area contributed by atoms with Gasteiger partial charge in [-0.2, -0.15) is 18.3 Å². The molecule has 32 heavy (non-hydrogen) atoms. The smallest absolute Gasteiger partial charge is 0.475 e. The highest BCUT2D eigenvalue weighted by molar-refractivity contribution is 5.92. The molecule has 0 bridgehead atoms. The molecule has 0 aromatic carbocycles. The van der Waals surface area contributed by atoms with E-state index in [2.05, 4.69) is 20.1 Å². The number of aromatic nitrogens is 3. The Bertz CT molecular complexity index is 894. The molecule has 9 nitrogen and oxygen atoms in total. The number of carboxylic acids is 1. The monoisotopic (exact) mass is 455 g/mol. The molecule has 0 aliphatic carbocycles. The maximum Gasteiger partial charge on any atom is 0.490 e. The Morgan fingerprint density at radius 1 is 1.16 bits per heavy atom. The topological polar surface area (TPSA) is 112 Å². The first-order valence-electron chi connectivity index (χ1n) is 10.0. The van der Waals surface area contributed by atoms with Gasteiger partial charge in [-0.3, -0.25) is 9.89 Å². The summed E-state index contributed by atoms with van der Waals surface area (Å²) in [4.78, 5) is 30.3. The highest BCUT2D eigenvalue weighted by Gasteiger charge is 2.41. The molecule has 2 fully saturated rings. The number of halogens is 3. The van der Waals surface area contributed by atoms with Crippen LogP contribution in [-0.4, -0.2) is 82.6 Å². The van der Waals surface area contributed by atoms with Crippen LogP contribution in [0.4, 0.5) is 19.0 Å². The zero-order valence-electron chi connectivity index (χ0n) is 17.2. The number of aromatic amines is 1. The van der Waals surface area contributed by atoms with Gasteiger partial charge in [-0.15, -0.1) is 0 Å². The van der Waals surface area contributed by atoms with Gasteiger partial charge in [-0.1, -0.05) is 6.07 Å². The number of carbonyl (C=O) groups excluding carboxylic acids is 1. The summed E-state index contributed by atoms with van der Waals surface area (Å²) in [6, 6.07) is 7.71. The Kier molecular flexibility index (Phi) is 7.33. The largest absolute Gasteiger partial charge is 0.490 e. The van der Waals surface area contributed by atoms with E-state index in [0.717, 1.165) is 38.3 Å². The Balaban J connectivity index is 0.000000360. The van der Waals surface area contributed by atoms with Crippen LogP contribution in [0, 0.1) is 5.41 Å². The third-order valence-corrected chi connectivity index (χ3v) is 5.34. The second kappa shape index (κ2) is 9.98. The first-order chi connectivity index (χ1) is 15.2. The fraction of sp³-hybridized carbons (Fsp3) is 0.500. The van der Waals surface area contributed by atoms with Gasteiger partial charge in [-0.25, -0.2) is 9.78 Å². The van der Waals surface area contributed by atoms with Crippen LogP contribution in [0.25, 0.3) is 0 Å².